The molecule has 0 aliphatic heterocycles. The minimum Gasteiger partial charge on any atom is -0.384 e. The van der Waals surface area contributed by atoms with E-state index in [0.717, 1.165) is 0 Å². The normalized spacial score (nSPS) is 12.1. The second-order valence-electron chi connectivity index (χ2n) is 8.60. The molecule has 1 heterocycles. The van der Waals surface area contributed by atoms with Crippen LogP contribution >= 0.6 is 0 Å². The highest BCUT2D eigenvalue weighted by Gasteiger charge is 2.24. The zero-order chi connectivity index (χ0) is 27.4. The number of hydrogen-bond donors (Lipinski definition) is 4. The van der Waals surface area contributed by atoms with Crippen molar-refractivity contribution < 1.29 is 13.2 Å². The van der Waals surface area contributed by atoms with E-state index in [4.69, 9.17) is 16.3 Å². The smallest absolute Gasteiger partial charge is 0.243 e. The van der Waals surface area contributed by atoms with E-state index in [9.17, 15) is 13.2 Å². The molecule has 3 aromatic carbocycles. The van der Waals surface area contributed by atoms with Gasteiger partial charge in [-0.25, -0.2) is 18.2 Å². The molecule has 4 aromatic rings. The van der Waals surface area contributed by atoms with Crippen LogP contribution in [0.25, 0.3) is 11.1 Å². The van der Waals surface area contributed by atoms with Gasteiger partial charge in [0, 0.05) is 29.5 Å². The molecular formula is C25H27N9O3S. The fourth-order valence-corrected chi connectivity index (χ4v) is 4.84. The molecule has 12 nitrogen and oxygen atoms in total. The van der Waals surface area contributed by atoms with Gasteiger partial charge < -0.3 is 16.0 Å². The first-order valence-electron chi connectivity index (χ1n) is 11.5. The van der Waals surface area contributed by atoms with Gasteiger partial charge in [-0.05, 0) is 53.2 Å². The Bertz CT molecular complexity index is 1580. The third-order valence-corrected chi connectivity index (χ3v) is 6.94. The molecule has 196 valence electrons. The standard InChI is InChI=1S/C25H27N9O3S/c1-16(25-30-31-32-33(25)2)34(20-7-5-6-18(14-20)24(26)27)15-23(35)29-19-12-10-17(11-13-19)21-8-3-4-9-22(21)38(28,36)37/h3-14,16H,15H2,1-2H3,(H3,26,27)(H,29,35)(H2,28,36,37). The molecule has 1 amide bonds. The van der Waals surface area contributed by atoms with E-state index in [1.807, 2.05) is 17.9 Å². The highest BCUT2D eigenvalue weighted by Crippen LogP contribution is 2.28. The lowest BCUT2D eigenvalue weighted by molar-refractivity contribution is -0.115. The molecule has 0 spiro atoms. The number of rotatable bonds is 9. The third kappa shape index (κ3) is 5.85. The number of amidine groups is 1. The number of amides is 1. The van der Waals surface area contributed by atoms with Crippen LogP contribution < -0.4 is 21.1 Å². The van der Waals surface area contributed by atoms with Crippen LogP contribution in [0.5, 0.6) is 0 Å². The van der Waals surface area contributed by atoms with Crippen molar-refractivity contribution in [3.8, 4) is 11.1 Å². The lowest BCUT2D eigenvalue weighted by atomic mass is 10.1. The molecule has 0 aliphatic rings. The Morgan fingerprint density at radius 3 is 2.45 bits per heavy atom. The number of nitrogens with one attached hydrogen (secondary N) is 2. The minimum absolute atomic E-state index is 0.0208. The Hall–Kier alpha value is -4.62. The molecule has 0 fully saturated rings. The van der Waals surface area contributed by atoms with Gasteiger partial charge in [0.05, 0.1) is 17.5 Å². The van der Waals surface area contributed by atoms with Crippen LogP contribution in [0.2, 0.25) is 0 Å². The summed E-state index contributed by atoms with van der Waals surface area (Å²) in [4.78, 5) is 15.0. The zero-order valence-electron chi connectivity index (χ0n) is 20.7. The summed E-state index contributed by atoms with van der Waals surface area (Å²) in [5, 5.41) is 27.7. The number of nitrogen functional groups attached to an aromatic ring is 1. The average molecular weight is 534 g/mol. The molecule has 0 radical (unpaired) electrons. The number of nitrogens with zero attached hydrogens (tertiary/aromatic N) is 5. The van der Waals surface area contributed by atoms with Crippen LogP contribution in [-0.4, -0.2) is 46.9 Å². The van der Waals surface area contributed by atoms with E-state index in [0.29, 0.717) is 33.9 Å². The average Bonchev–Trinajstić information content (AvgIpc) is 3.32. The Balaban J connectivity index is 1.57. The first kappa shape index (κ1) is 26.4. The van der Waals surface area contributed by atoms with Crippen LogP contribution in [-0.2, 0) is 21.9 Å². The Morgan fingerprint density at radius 2 is 1.82 bits per heavy atom. The van der Waals surface area contributed by atoms with Gasteiger partial charge in [0.15, 0.2) is 5.82 Å². The van der Waals surface area contributed by atoms with Crippen LogP contribution in [0, 0.1) is 5.41 Å². The fraction of sp³-hybridized carbons (Fsp3) is 0.160. The second-order valence-corrected chi connectivity index (χ2v) is 10.1. The molecule has 38 heavy (non-hydrogen) atoms. The molecule has 0 saturated carbocycles. The summed E-state index contributed by atoms with van der Waals surface area (Å²) in [5.41, 5.74) is 8.49. The summed E-state index contributed by atoms with van der Waals surface area (Å²) in [7, 11) is -2.19. The van der Waals surface area contributed by atoms with E-state index in [1.54, 1.807) is 67.7 Å². The molecule has 0 saturated heterocycles. The molecule has 13 heteroatoms. The number of nitrogens with two attached hydrogens (primary N) is 2. The lowest BCUT2D eigenvalue weighted by Crippen LogP contribution is -2.36. The maximum Gasteiger partial charge on any atom is 0.243 e. The van der Waals surface area contributed by atoms with Crippen molar-refractivity contribution in [2.45, 2.75) is 17.9 Å². The molecule has 1 aromatic heterocycles. The third-order valence-electron chi connectivity index (χ3n) is 5.97. The van der Waals surface area contributed by atoms with Gasteiger partial charge in [-0.2, -0.15) is 0 Å². The monoisotopic (exact) mass is 533 g/mol. The second kappa shape index (κ2) is 10.8. The molecule has 0 bridgehead atoms. The van der Waals surface area contributed by atoms with Crippen molar-refractivity contribution in [1.82, 2.24) is 20.2 Å². The predicted molar refractivity (Wildman–Crippen MR) is 144 cm³/mol. The first-order chi connectivity index (χ1) is 18.0. The van der Waals surface area contributed by atoms with Crippen LogP contribution in [0.4, 0.5) is 11.4 Å². The summed E-state index contributed by atoms with van der Waals surface area (Å²) in [6.45, 7) is 1.82. The Labute approximate surface area is 219 Å². The number of primary sulfonamides is 1. The fourth-order valence-electron chi connectivity index (χ4n) is 4.08. The Morgan fingerprint density at radius 1 is 1.11 bits per heavy atom. The van der Waals surface area contributed by atoms with Crippen molar-refractivity contribution in [1.29, 1.82) is 5.41 Å². The zero-order valence-corrected chi connectivity index (χ0v) is 21.6. The van der Waals surface area contributed by atoms with E-state index in [2.05, 4.69) is 20.8 Å². The van der Waals surface area contributed by atoms with Crippen LogP contribution in [0.15, 0.2) is 77.7 Å². The number of hydrogen-bond acceptors (Lipinski definition) is 8. The maximum atomic E-state index is 13.1. The SMILES string of the molecule is CC(c1nnnn1C)N(CC(=O)Nc1ccc(-c2ccccc2S(N)(=O)=O)cc1)c1cccc(C(=N)N)c1. The molecular weight excluding hydrogens is 506 g/mol. The van der Waals surface area contributed by atoms with Gasteiger partial charge in [-0.1, -0.05) is 42.5 Å². The quantitative estimate of drug-likeness (QED) is 0.186. The van der Waals surface area contributed by atoms with Crippen molar-refractivity contribution in [3.05, 3.63) is 84.2 Å². The van der Waals surface area contributed by atoms with Crippen molar-refractivity contribution in [3.63, 3.8) is 0 Å². The van der Waals surface area contributed by atoms with Gasteiger partial charge >= 0.3 is 0 Å². The summed E-state index contributed by atoms with van der Waals surface area (Å²) >= 11 is 0. The van der Waals surface area contributed by atoms with Crippen molar-refractivity contribution in [2.24, 2.45) is 17.9 Å². The summed E-state index contributed by atoms with van der Waals surface area (Å²) in [6, 6.07) is 19.9. The molecule has 1 unspecified atom stereocenters. The summed E-state index contributed by atoms with van der Waals surface area (Å²) in [5.74, 6) is 0.148. The summed E-state index contributed by atoms with van der Waals surface area (Å²) in [6.07, 6.45) is 0. The highest BCUT2D eigenvalue weighted by atomic mass is 32.2. The topological polar surface area (TPSA) is 186 Å². The number of anilines is 2. The number of tetrazole rings is 1. The van der Waals surface area contributed by atoms with Gasteiger partial charge in [0.2, 0.25) is 15.9 Å². The molecule has 1 atom stereocenters. The van der Waals surface area contributed by atoms with Crippen molar-refractivity contribution >= 4 is 33.1 Å². The van der Waals surface area contributed by atoms with E-state index in [1.165, 1.54) is 10.7 Å². The first-order valence-corrected chi connectivity index (χ1v) is 13.0. The maximum absolute atomic E-state index is 13.1. The van der Waals surface area contributed by atoms with Crippen molar-refractivity contribution in [2.75, 3.05) is 16.8 Å². The van der Waals surface area contributed by atoms with E-state index in [-0.39, 0.29) is 29.2 Å². The van der Waals surface area contributed by atoms with Crippen LogP contribution in [0.3, 0.4) is 0 Å². The number of carbonyl (C=O) groups is 1. The summed E-state index contributed by atoms with van der Waals surface area (Å²) < 4.78 is 25.5. The molecule has 4 rings (SSSR count). The Kier molecular flexibility index (Phi) is 7.50. The van der Waals surface area contributed by atoms with E-state index < -0.39 is 10.0 Å². The minimum atomic E-state index is -3.90. The predicted octanol–water partition coefficient (Wildman–Crippen LogP) is 2.01. The number of carbonyl (C=O) groups excluding carboxylic acids is 1. The number of benzene rings is 3. The number of aryl methyl sites for hydroxylation is 1. The largest absolute Gasteiger partial charge is 0.384 e. The molecule has 0 aliphatic carbocycles. The van der Waals surface area contributed by atoms with Gasteiger partial charge in [0.1, 0.15) is 5.84 Å². The van der Waals surface area contributed by atoms with Gasteiger partial charge in [-0.3, -0.25) is 10.2 Å². The lowest BCUT2D eigenvalue weighted by Gasteiger charge is -2.30. The number of sulfonamides is 1. The number of aromatic nitrogens is 4. The van der Waals surface area contributed by atoms with Gasteiger partial charge in [0.25, 0.3) is 0 Å². The molecule has 6 N–H and O–H groups in total. The van der Waals surface area contributed by atoms with E-state index >= 15 is 0 Å². The van der Waals surface area contributed by atoms with Gasteiger partial charge in [-0.15, -0.1) is 5.10 Å². The van der Waals surface area contributed by atoms with Crippen LogP contribution in [0.1, 0.15) is 24.4 Å². The highest BCUT2D eigenvalue weighted by molar-refractivity contribution is 7.89.